The first kappa shape index (κ1) is 16.5. The zero-order valence-corrected chi connectivity index (χ0v) is 14.0. The van der Waals surface area contributed by atoms with E-state index in [4.69, 9.17) is 27.6 Å². The summed E-state index contributed by atoms with van der Waals surface area (Å²) in [6.45, 7) is 0.457. The molecule has 0 radical (unpaired) electrons. The number of nitrogens with zero attached hydrogens (tertiary/aromatic N) is 2. The second-order valence-electron chi connectivity index (χ2n) is 5.05. The molecular weight excluding hydrogens is 349 g/mol. The van der Waals surface area contributed by atoms with Crippen molar-refractivity contribution in [3.8, 4) is 11.5 Å². The first-order chi connectivity index (χ1) is 11.6. The van der Waals surface area contributed by atoms with Crippen molar-refractivity contribution in [2.24, 2.45) is 0 Å². The van der Waals surface area contributed by atoms with Gasteiger partial charge in [-0.2, -0.15) is 0 Å². The zero-order chi connectivity index (χ0) is 16.9. The van der Waals surface area contributed by atoms with E-state index < -0.39 is 5.91 Å². The van der Waals surface area contributed by atoms with Crippen molar-refractivity contribution in [2.45, 2.75) is 6.42 Å². The lowest BCUT2D eigenvalue weighted by molar-refractivity contribution is 0.0920. The molecule has 3 rings (SSSR count). The summed E-state index contributed by atoms with van der Waals surface area (Å²) in [5.74, 6) is -0.206. The van der Waals surface area contributed by atoms with Gasteiger partial charge in [-0.15, -0.1) is 10.2 Å². The molecule has 3 aromatic rings. The maximum Gasteiger partial charge on any atom is 0.308 e. The van der Waals surface area contributed by atoms with Gasteiger partial charge < -0.3 is 9.73 Å². The van der Waals surface area contributed by atoms with Crippen LogP contribution in [0.15, 0.2) is 52.9 Å². The van der Waals surface area contributed by atoms with Gasteiger partial charge in [0.2, 0.25) is 5.89 Å². The molecule has 1 N–H and O–H groups in total. The van der Waals surface area contributed by atoms with Gasteiger partial charge in [-0.25, -0.2) is 0 Å². The average molecular weight is 362 g/mol. The van der Waals surface area contributed by atoms with E-state index in [1.165, 1.54) is 0 Å². The second kappa shape index (κ2) is 7.47. The Hall–Kier alpha value is -2.37. The molecule has 122 valence electrons. The molecule has 0 saturated carbocycles. The summed E-state index contributed by atoms with van der Waals surface area (Å²) in [7, 11) is 0. The van der Waals surface area contributed by atoms with E-state index in [9.17, 15) is 4.79 Å². The summed E-state index contributed by atoms with van der Waals surface area (Å²) >= 11 is 11.7. The summed E-state index contributed by atoms with van der Waals surface area (Å²) in [4.78, 5) is 12.0. The molecule has 1 heterocycles. The number of rotatable bonds is 5. The fraction of sp³-hybridized carbons (Fsp3) is 0.118. The van der Waals surface area contributed by atoms with Gasteiger partial charge >= 0.3 is 11.8 Å². The third-order valence-electron chi connectivity index (χ3n) is 3.32. The minimum absolute atomic E-state index is 0.0731. The van der Waals surface area contributed by atoms with Gasteiger partial charge in [-0.1, -0.05) is 35.3 Å². The normalized spacial score (nSPS) is 10.6. The van der Waals surface area contributed by atoms with Crippen molar-refractivity contribution in [1.29, 1.82) is 0 Å². The van der Waals surface area contributed by atoms with Gasteiger partial charge in [-0.3, -0.25) is 4.79 Å². The Labute approximate surface area is 148 Å². The van der Waals surface area contributed by atoms with E-state index in [1.807, 2.05) is 24.3 Å². The Kier molecular flexibility index (Phi) is 5.13. The van der Waals surface area contributed by atoms with Crippen LogP contribution in [0.5, 0.6) is 0 Å². The van der Waals surface area contributed by atoms with E-state index in [1.54, 1.807) is 24.3 Å². The van der Waals surface area contributed by atoms with Crippen LogP contribution in [0.25, 0.3) is 11.5 Å². The molecule has 5 nitrogen and oxygen atoms in total. The first-order valence-electron chi connectivity index (χ1n) is 7.24. The van der Waals surface area contributed by atoms with Crippen LogP contribution in [-0.2, 0) is 6.42 Å². The molecule has 24 heavy (non-hydrogen) atoms. The second-order valence-corrected chi connectivity index (χ2v) is 5.92. The summed E-state index contributed by atoms with van der Waals surface area (Å²) in [5.41, 5.74) is 1.78. The molecule has 0 fully saturated rings. The number of nitrogens with one attached hydrogen (secondary N) is 1. The van der Waals surface area contributed by atoms with E-state index in [0.29, 0.717) is 28.6 Å². The van der Waals surface area contributed by atoms with Crippen molar-refractivity contribution < 1.29 is 9.21 Å². The molecule has 0 aliphatic heterocycles. The molecule has 0 bridgehead atoms. The van der Waals surface area contributed by atoms with Crippen molar-refractivity contribution >= 4 is 29.1 Å². The predicted octanol–water partition coefficient (Wildman–Crippen LogP) is 4.02. The number of halogens is 2. The number of benzene rings is 2. The number of carbonyl (C=O) groups excluding carboxylic acids is 1. The number of hydrogen-bond acceptors (Lipinski definition) is 4. The third-order valence-corrected chi connectivity index (χ3v) is 3.83. The molecule has 1 amide bonds. The minimum Gasteiger partial charge on any atom is -0.412 e. The van der Waals surface area contributed by atoms with Gasteiger partial charge in [0, 0.05) is 22.2 Å². The molecule has 0 spiro atoms. The lowest BCUT2D eigenvalue weighted by atomic mass is 10.1. The molecule has 2 aromatic carbocycles. The van der Waals surface area contributed by atoms with Crippen molar-refractivity contribution in [3.63, 3.8) is 0 Å². The van der Waals surface area contributed by atoms with Gasteiger partial charge in [0.05, 0.1) is 0 Å². The molecule has 0 atom stereocenters. The topological polar surface area (TPSA) is 68.0 Å². The molecule has 7 heteroatoms. The highest BCUT2D eigenvalue weighted by molar-refractivity contribution is 6.30. The SMILES string of the molecule is O=C(NCCc1ccc(Cl)cc1)c1nnc(-c2ccc(Cl)cc2)o1. The summed E-state index contributed by atoms with van der Waals surface area (Å²) in [6, 6.07) is 14.4. The number of amides is 1. The van der Waals surface area contributed by atoms with E-state index in [0.717, 1.165) is 5.56 Å². The van der Waals surface area contributed by atoms with E-state index in [2.05, 4.69) is 15.5 Å². The maximum atomic E-state index is 12.0. The molecular formula is C17H13Cl2N3O2. The summed E-state index contributed by atoms with van der Waals surface area (Å²) in [6.07, 6.45) is 0.682. The van der Waals surface area contributed by atoms with Gasteiger partial charge in [0.15, 0.2) is 0 Å². The van der Waals surface area contributed by atoms with Crippen LogP contribution in [0.2, 0.25) is 10.0 Å². The summed E-state index contributed by atoms with van der Waals surface area (Å²) in [5, 5.41) is 11.7. The highest BCUT2D eigenvalue weighted by Crippen LogP contribution is 2.20. The van der Waals surface area contributed by atoms with Crippen LogP contribution in [0.3, 0.4) is 0 Å². The lowest BCUT2D eigenvalue weighted by Crippen LogP contribution is -2.26. The molecule has 0 aliphatic rings. The highest BCUT2D eigenvalue weighted by Gasteiger charge is 2.15. The van der Waals surface area contributed by atoms with Gasteiger partial charge in [-0.05, 0) is 48.4 Å². The number of hydrogen-bond donors (Lipinski definition) is 1. The van der Waals surface area contributed by atoms with Gasteiger partial charge in [0.1, 0.15) is 0 Å². The number of carbonyl (C=O) groups is 1. The maximum absolute atomic E-state index is 12.0. The third kappa shape index (κ3) is 4.13. The molecule has 0 aliphatic carbocycles. The Morgan fingerprint density at radius 3 is 2.25 bits per heavy atom. The Morgan fingerprint density at radius 1 is 0.958 bits per heavy atom. The van der Waals surface area contributed by atoms with Crippen molar-refractivity contribution in [2.75, 3.05) is 6.54 Å². The molecule has 0 unspecified atom stereocenters. The minimum atomic E-state index is -0.406. The smallest absolute Gasteiger partial charge is 0.308 e. The first-order valence-corrected chi connectivity index (χ1v) is 7.99. The molecule has 1 aromatic heterocycles. The van der Waals surface area contributed by atoms with Gasteiger partial charge in [0.25, 0.3) is 0 Å². The fourth-order valence-corrected chi connectivity index (χ4v) is 2.32. The fourth-order valence-electron chi connectivity index (χ4n) is 2.07. The number of aromatic nitrogens is 2. The lowest BCUT2D eigenvalue weighted by Gasteiger charge is -2.03. The van der Waals surface area contributed by atoms with E-state index >= 15 is 0 Å². The van der Waals surface area contributed by atoms with Crippen LogP contribution in [0, 0.1) is 0 Å². The standard InChI is InChI=1S/C17H13Cl2N3O2/c18-13-5-1-11(2-6-13)9-10-20-15(23)17-22-21-16(24-17)12-3-7-14(19)8-4-12/h1-8H,9-10H2,(H,20,23). The largest absolute Gasteiger partial charge is 0.412 e. The van der Waals surface area contributed by atoms with Crippen LogP contribution in [-0.4, -0.2) is 22.6 Å². The Bertz CT molecular complexity index is 830. The quantitative estimate of drug-likeness (QED) is 0.745. The Morgan fingerprint density at radius 2 is 1.58 bits per heavy atom. The van der Waals surface area contributed by atoms with E-state index in [-0.39, 0.29) is 11.8 Å². The van der Waals surface area contributed by atoms with Crippen LogP contribution in [0.1, 0.15) is 16.2 Å². The van der Waals surface area contributed by atoms with Crippen molar-refractivity contribution in [1.82, 2.24) is 15.5 Å². The zero-order valence-electron chi connectivity index (χ0n) is 12.5. The van der Waals surface area contributed by atoms with Crippen LogP contribution < -0.4 is 5.32 Å². The average Bonchev–Trinajstić information content (AvgIpc) is 3.07. The summed E-state index contributed by atoms with van der Waals surface area (Å²) < 4.78 is 5.40. The monoisotopic (exact) mass is 361 g/mol. The predicted molar refractivity (Wildman–Crippen MR) is 92.2 cm³/mol. The molecule has 0 saturated heterocycles. The Balaban J connectivity index is 1.57. The van der Waals surface area contributed by atoms with Crippen LogP contribution in [0.4, 0.5) is 0 Å². The highest BCUT2D eigenvalue weighted by atomic mass is 35.5. The van der Waals surface area contributed by atoms with Crippen molar-refractivity contribution in [3.05, 3.63) is 70.0 Å². The van der Waals surface area contributed by atoms with Crippen LogP contribution >= 0.6 is 23.2 Å².